The van der Waals surface area contributed by atoms with Gasteiger partial charge in [0.25, 0.3) is 0 Å². The van der Waals surface area contributed by atoms with Crippen molar-refractivity contribution in [3.05, 3.63) is 65.0 Å². The summed E-state index contributed by atoms with van der Waals surface area (Å²) < 4.78 is 27.5. The number of aromatic nitrogens is 1. The third-order valence-corrected chi connectivity index (χ3v) is 4.71. The molecule has 3 rings (SSSR count). The van der Waals surface area contributed by atoms with Crippen molar-refractivity contribution in [3.8, 4) is 0 Å². The van der Waals surface area contributed by atoms with Crippen LogP contribution in [-0.2, 0) is 13.0 Å². The zero-order valence-corrected chi connectivity index (χ0v) is 13.8. The lowest BCUT2D eigenvalue weighted by atomic mass is 9.89. The molecule has 0 atom stereocenters. The van der Waals surface area contributed by atoms with Crippen LogP contribution in [-0.4, -0.2) is 34.0 Å². The zero-order valence-electron chi connectivity index (χ0n) is 13.8. The molecule has 0 spiro atoms. The van der Waals surface area contributed by atoms with Crippen LogP contribution in [0.1, 0.15) is 34.3 Å². The Morgan fingerprint density at radius 3 is 2.52 bits per heavy atom. The molecular formula is C19H20F2N2O2. The molecule has 6 heteroatoms. The van der Waals surface area contributed by atoms with Gasteiger partial charge in [0.15, 0.2) is 0 Å². The van der Waals surface area contributed by atoms with Crippen LogP contribution in [0, 0.1) is 17.6 Å². The summed E-state index contributed by atoms with van der Waals surface area (Å²) in [6.07, 6.45) is 5.15. The monoisotopic (exact) mass is 346 g/mol. The Hall–Kier alpha value is -2.34. The molecule has 2 heterocycles. The van der Waals surface area contributed by atoms with E-state index in [4.69, 9.17) is 5.11 Å². The molecule has 132 valence electrons. The maximum Gasteiger partial charge on any atom is 0.337 e. The number of carboxylic acid groups (broad SMARTS) is 1. The van der Waals surface area contributed by atoms with Crippen LogP contribution in [0.25, 0.3) is 0 Å². The molecule has 25 heavy (non-hydrogen) atoms. The summed E-state index contributed by atoms with van der Waals surface area (Å²) in [4.78, 5) is 17.2. The van der Waals surface area contributed by atoms with Gasteiger partial charge in [-0.15, -0.1) is 0 Å². The molecule has 4 nitrogen and oxygen atoms in total. The van der Waals surface area contributed by atoms with E-state index in [0.717, 1.165) is 31.5 Å². The Balaban J connectivity index is 1.55. The number of nitrogens with zero attached hydrogens (tertiary/aromatic N) is 2. The lowest BCUT2D eigenvalue weighted by molar-refractivity contribution is 0.0696. The van der Waals surface area contributed by atoms with Gasteiger partial charge in [0.05, 0.1) is 5.56 Å². The average molecular weight is 346 g/mol. The maximum absolute atomic E-state index is 13.8. The number of halogens is 2. The molecule has 0 aliphatic carbocycles. The molecule has 0 unspecified atom stereocenters. The van der Waals surface area contributed by atoms with Gasteiger partial charge in [-0.2, -0.15) is 0 Å². The fourth-order valence-electron chi connectivity index (χ4n) is 3.31. The van der Waals surface area contributed by atoms with Crippen LogP contribution in [0.15, 0.2) is 36.7 Å². The van der Waals surface area contributed by atoms with Crippen molar-refractivity contribution in [1.29, 1.82) is 0 Å². The normalized spacial score (nSPS) is 16.1. The SMILES string of the molecule is O=C(O)c1cncc(CN2CCC(Cc3c(F)cccc3F)CC2)c1. The number of carbonyl (C=O) groups is 1. The number of benzene rings is 1. The van der Waals surface area contributed by atoms with Gasteiger partial charge < -0.3 is 5.11 Å². The van der Waals surface area contributed by atoms with Crippen molar-refractivity contribution in [2.24, 2.45) is 5.92 Å². The van der Waals surface area contributed by atoms with Crippen LogP contribution in [0.2, 0.25) is 0 Å². The molecule has 0 saturated carbocycles. The summed E-state index contributed by atoms with van der Waals surface area (Å²) in [6, 6.07) is 5.62. The number of pyridine rings is 1. The number of piperidine rings is 1. The molecule has 1 aromatic heterocycles. The quantitative estimate of drug-likeness (QED) is 0.900. The standard InChI is InChI=1S/C19H20F2N2O2/c20-17-2-1-3-18(21)16(17)9-13-4-6-23(7-5-13)12-14-8-15(19(24)25)11-22-10-14/h1-3,8,10-11,13H,4-7,9,12H2,(H,24,25). The molecule has 0 bridgehead atoms. The van der Waals surface area contributed by atoms with Crippen molar-refractivity contribution in [2.45, 2.75) is 25.8 Å². The highest BCUT2D eigenvalue weighted by molar-refractivity contribution is 5.87. The van der Waals surface area contributed by atoms with Gasteiger partial charge in [-0.3, -0.25) is 9.88 Å². The molecular weight excluding hydrogens is 326 g/mol. The fraction of sp³-hybridized carbons (Fsp3) is 0.368. The van der Waals surface area contributed by atoms with Gasteiger partial charge in [-0.25, -0.2) is 13.6 Å². The van der Waals surface area contributed by atoms with Gasteiger partial charge in [0.1, 0.15) is 11.6 Å². The maximum atomic E-state index is 13.8. The number of hydrogen-bond acceptors (Lipinski definition) is 3. The van der Waals surface area contributed by atoms with E-state index < -0.39 is 17.6 Å². The van der Waals surface area contributed by atoms with E-state index in [9.17, 15) is 13.6 Å². The molecule has 1 aromatic carbocycles. The summed E-state index contributed by atoms with van der Waals surface area (Å²) in [5, 5.41) is 9.02. The van der Waals surface area contributed by atoms with E-state index in [0.29, 0.717) is 13.0 Å². The Labute approximate surface area is 145 Å². The predicted molar refractivity (Wildman–Crippen MR) is 89.3 cm³/mol. The second kappa shape index (κ2) is 7.70. The Morgan fingerprint density at radius 1 is 1.20 bits per heavy atom. The molecule has 2 aromatic rings. The highest BCUT2D eigenvalue weighted by Crippen LogP contribution is 2.25. The summed E-state index contributed by atoms with van der Waals surface area (Å²) in [7, 11) is 0. The summed E-state index contributed by atoms with van der Waals surface area (Å²) in [5.41, 5.74) is 1.22. The molecule has 1 N–H and O–H groups in total. The first-order chi connectivity index (χ1) is 12.0. The average Bonchev–Trinajstić information content (AvgIpc) is 2.60. The molecule has 0 amide bonds. The topological polar surface area (TPSA) is 53.4 Å². The van der Waals surface area contributed by atoms with E-state index in [2.05, 4.69) is 9.88 Å². The molecule has 1 aliphatic rings. The lowest BCUT2D eigenvalue weighted by Gasteiger charge is -2.32. The number of hydrogen-bond donors (Lipinski definition) is 1. The third-order valence-electron chi connectivity index (χ3n) is 4.71. The van der Waals surface area contributed by atoms with E-state index in [1.807, 2.05) is 0 Å². The van der Waals surface area contributed by atoms with E-state index >= 15 is 0 Å². The zero-order chi connectivity index (χ0) is 17.8. The number of carboxylic acids is 1. The van der Waals surface area contributed by atoms with Crippen LogP contribution in [0.3, 0.4) is 0 Å². The minimum atomic E-state index is -0.986. The number of rotatable bonds is 5. The highest BCUT2D eigenvalue weighted by atomic mass is 19.1. The minimum absolute atomic E-state index is 0.180. The van der Waals surface area contributed by atoms with Crippen molar-refractivity contribution in [3.63, 3.8) is 0 Å². The second-order valence-electron chi connectivity index (χ2n) is 6.51. The van der Waals surface area contributed by atoms with Gasteiger partial charge in [-0.05, 0) is 62.0 Å². The Bertz CT molecular complexity index is 739. The minimum Gasteiger partial charge on any atom is -0.478 e. The smallest absolute Gasteiger partial charge is 0.337 e. The van der Waals surface area contributed by atoms with Crippen molar-refractivity contribution < 1.29 is 18.7 Å². The van der Waals surface area contributed by atoms with Crippen LogP contribution in [0.5, 0.6) is 0 Å². The second-order valence-corrected chi connectivity index (χ2v) is 6.51. The molecule has 1 saturated heterocycles. The first-order valence-electron chi connectivity index (χ1n) is 8.35. The Morgan fingerprint density at radius 2 is 1.88 bits per heavy atom. The number of aromatic carboxylic acids is 1. The van der Waals surface area contributed by atoms with Crippen LogP contribution >= 0.6 is 0 Å². The fourth-order valence-corrected chi connectivity index (χ4v) is 3.31. The van der Waals surface area contributed by atoms with E-state index in [1.165, 1.54) is 24.4 Å². The van der Waals surface area contributed by atoms with Gasteiger partial charge >= 0.3 is 5.97 Å². The summed E-state index contributed by atoms with van der Waals surface area (Å²) >= 11 is 0. The largest absolute Gasteiger partial charge is 0.478 e. The molecule has 1 aliphatic heterocycles. The van der Waals surface area contributed by atoms with Gasteiger partial charge in [0, 0.05) is 24.5 Å². The summed E-state index contributed by atoms with van der Waals surface area (Å²) in [5.74, 6) is -1.68. The lowest BCUT2D eigenvalue weighted by Crippen LogP contribution is -2.34. The Kier molecular flexibility index (Phi) is 5.38. The van der Waals surface area contributed by atoms with Crippen LogP contribution in [0.4, 0.5) is 8.78 Å². The molecule has 0 radical (unpaired) electrons. The first-order valence-corrected chi connectivity index (χ1v) is 8.35. The highest BCUT2D eigenvalue weighted by Gasteiger charge is 2.22. The van der Waals surface area contributed by atoms with Crippen molar-refractivity contribution in [1.82, 2.24) is 9.88 Å². The third kappa shape index (κ3) is 4.39. The summed E-state index contributed by atoms with van der Waals surface area (Å²) in [6.45, 7) is 2.27. The van der Waals surface area contributed by atoms with Crippen molar-refractivity contribution >= 4 is 5.97 Å². The van der Waals surface area contributed by atoms with E-state index in [-0.39, 0.29) is 17.0 Å². The van der Waals surface area contributed by atoms with Gasteiger partial charge in [0.2, 0.25) is 0 Å². The predicted octanol–water partition coefficient (Wildman–Crippen LogP) is 3.51. The van der Waals surface area contributed by atoms with Crippen LogP contribution < -0.4 is 0 Å². The number of likely N-dealkylation sites (tertiary alicyclic amines) is 1. The molecule has 1 fully saturated rings. The van der Waals surface area contributed by atoms with Gasteiger partial charge in [-0.1, -0.05) is 6.07 Å². The van der Waals surface area contributed by atoms with Crippen molar-refractivity contribution in [2.75, 3.05) is 13.1 Å². The van der Waals surface area contributed by atoms with E-state index in [1.54, 1.807) is 12.3 Å². The first kappa shape index (κ1) is 17.5.